The molecule has 0 bridgehead atoms. The van der Waals surface area contributed by atoms with Crippen molar-refractivity contribution in [3.8, 4) is 16.8 Å². The van der Waals surface area contributed by atoms with Crippen LogP contribution in [0.5, 0.6) is 0 Å². The van der Waals surface area contributed by atoms with Crippen molar-refractivity contribution in [2.45, 2.75) is 6.18 Å². The molecule has 0 fully saturated rings. The van der Waals surface area contributed by atoms with Gasteiger partial charge in [0.1, 0.15) is 11.6 Å². The van der Waals surface area contributed by atoms with E-state index in [4.69, 9.17) is 0 Å². The first-order valence-electron chi connectivity index (χ1n) is 8.91. The van der Waals surface area contributed by atoms with Crippen LogP contribution in [0.1, 0.15) is 5.56 Å². The van der Waals surface area contributed by atoms with Gasteiger partial charge in [-0.2, -0.15) is 13.2 Å². The lowest BCUT2D eigenvalue weighted by Gasteiger charge is -2.11. The number of anilines is 2. The lowest BCUT2D eigenvalue weighted by atomic mass is 10.1. The molecular formula is C21H16F3N5O. The average Bonchev–Trinajstić information content (AvgIpc) is 3.12. The molecular weight excluding hydrogens is 395 g/mol. The number of aromatic nitrogens is 4. The number of hydrogen-bond donors (Lipinski definition) is 1. The highest BCUT2D eigenvalue weighted by Crippen LogP contribution is 2.30. The van der Waals surface area contributed by atoms with Gasteiger partial charge >= 0.3 is 6.18 Å². The first-order chi connectivity index (χ1) is 14.3. The maximum absolute atomic E-state index is 13.0. The Morgan fingerprint density at radius 2 is 1.77 bits per heavy atom. The molecule has 0 aliphatic carbocycles. The summed E-state index contributed by atoms with van der Waals surface area (Å²) in [5.74, 6) is 1.18. The Labute approximate surface area is 169 Å². The third-order valence-electron chi connectivity index (χ3n) is 4.43. The van der Waals surface area contributed by atoms with E-state index in [0.717, 1.165) is 17.7 Å². The fourth-order valence-electron chi connectivity index (χ4n) is 2.99. The van der Waals surface area contributed by atoms with Gasteiger partial charge in [0, 0.05) is 37.4 Å². The molecule has 4 aromatic rings. The minimum Gasteiger partial charge on any atom is -0.338 e. The molecule has 1 aromatic carbocycles. The summed E-state index contributed by atoms with van der Waals surface area (Å²) in [6.45, 7) is 0. The second kappa shape index (κ2) is 7.51. The second-order valence-corrected chi connectivity index (χ2v) is 6.65. The predicted molar refractivity (Wildman–Crippen MR) is 107 cm³/mol. The van der Waals surface area contributed by atoms with E-state index in [0.29, 0.717) is 17.2 Å². The molecule has 3 aromatic heterocycles. The number of alkyl halides is 3. The van der Waals surface area contributed by atoms with Gasteiger partial charge in [-0.15, -0.1) is 0 Å². The van der Waals surface area contributed by atoms with E-state index >= 15 is 0 Å². The molecule has 9 heteroatoms. The van der Waals surface area contributed by atoms with E-state index in [1.807, 2.05) is 7.05 Å². The van der Waals surface area contributed by atoms with Gasteiger partial charge in [0.15, 0.2) is 0 Å². The van der Waals surface area contributed by atoms with Crippen molar-refractivity contribution in [3.05, 3.63) is 89.4 Å². The van der Waals surface area contributed by atoms with Crippen LogP contribution in [-0.2, 0) is 13.2 Å². The zero-order valence-electron chi connectivity index (χ0n) is 15.8. The van der Waals surface area contributed by atoms with Gasteiger partial charge in [-0.1, -0.05) is 6.07 Å². The summed E-state index contributed by atoms with van der Waals surface area (Å²) in [4.78, 5) is 21.0. The third-order valence-corrected chi connectivity index (χ3v) is 4.43. The Morgan fingerprint density at radius 1 is 0.967 bits per heavy atom. The normalized spacial score (nSPS) is 11.5. The maximum atomic E-state index is 13.0. The van der Waals surface area contributed by atoms with Crippen molar-refractivity contribution < 1.29 is 13.2 Å². The van der Waals surface area contributed by atoms with Gasteiger partial charge in [0.25, 0.3) is 5.56 Å². The van der Waals surface area contributed by atoms with Crippen molar-refractivity contribution in [1.82, 2.24) is 19.1 Å². The molecule has 152 valence electrons. The number of nitrogens with one attached hydrogen (secondary N) is 1. The fourth-order valence-corrected chi connectivity index (χ4v) is 2.99. The van der Waals surface area contributed by atoms with Gasteiger partial charge in [-0.05, 0) is 47.5 Å². The van der Waals surface area contributed by atoms with Gasteiger partial charge in [0.2, 0.25) is 0 Å². The van der Waals surface area contributed by atoms with Crippen LogP contribution in [0, 0.1) is 0 Å². The Balaban J connectivity index is 1.64. The SMILES string of the molecule is Cn1cnc(Nc2cc(-c3ccn(-c4cccc(C(F)(F)F)c4)c(=O)c3)ccn2)c1. The predicted octanol–water partition coefficient (Wildman–Crippen LogP) is 4.40. The first kappa shape index (κ1) is 19.4. The zero-order valence-corrected chi connectivity index (χ0v) is 15.8. The molecule has 0 saturated carbocycles. The summed E-state index contributed by atoms with van der Waals surface area (Å²) in [5, 5.41) is 3.07. The number of benzene rings is 1. The Kier molecular flexibility index (Phi) is 4.86. The van der Waals surface area contributed by atoms with Crippen LogP contribution in [0.25, 0.3) is 16.8 Å². The summed E-state index contributed by atoms with van der Waals surface area (Å²) in [6, 6.07) is 11.2. The van der Waals surface area contributed by atoms with Crippen molar-refractivity contribution >= 4 is 11.6 Å². The van der Waals surface area contributed by atoms with Crippen LogP contribution in [0.3, 0.4) is 0 Å². The van der Waals surface area contributed by atoms with E-state index in [-0.39, 0.29) is 5.69 Å². The summed E-state index contributed by atoms with van der Waals surface area (Å²) in [6.07, 6.45) is 2.02. The van der Waals surface area contributed by atoms with E-state index in [1.54, 1.807) is 41.5 Å². The molecule has 30 heavy (non-hydrogen) atoms. The summed E-state index contributed by atoms with van der Waals surface area (Å²) >= 11 is 0. The first-order valence-corrected chi connectivity index (χ1v) is 8.91. The van der Waals surface area contributed by atoms with Gasteiger partial charge < -0.3 is 9.88 Å². The van der Waals surface area contributed by atoms with Gasteiger partial charge in [-0.3, -0.25) is 9.36 Å². The Bertz CT molecular complexity index is 1260. The number of halogens is 3. The summed E-state index contributed by atoms with van der Waals surface area (Å²) in [7, 11) is 1.85. The van der Waals surface area contributed by atoms with Gasteiger partial charge in [-0.25, -0.2) is 9.97 Å². The van der Waals surface area contributed by atoms with E-state index in [2.05, 4.69) is 15.3 Å². The monoisotopic (exact) mass is 411 g/mol. The topological polar surface area (TPSA) is 64.7 Å². The lowest BCUT2D eigenvalue weighted by Crippen LogP contribution is -2.17. The van der Waals surface area contributed by atoms with Crippen LogP contribution < -0.4 is 10.9 Å². The quantitative estimate of drug-likeness (QED) is 0.541. The largest absolute Gasteiger partial charge is 0.416 e. The number of nitrogens with zero attached hydrogens (tertiary/aromatic N) is 4. The number of imidazole rings is 1. The van der Waals surface area contributed by atoms with Crippen LogP contribution in [-0.4, -0.2) is 19.1 Å². The molecule has 0 unspecified atom stereocenters. The third kappa shape index (κ3) is 4.09. The highest BCUT2D eigenvalue weighted by molar-refractivity contribution is 5.67. The van der Waals surface area contributed by atoms with Crippen molar-refractivity contribution in [2.75, 3.05) is 5.32 Å². The molecule has 6 nitrogen and oxygen atoms in total. The number of pyridine rings is 2. The fraction of sp³-hybridized carbons (Fsp3) is 0.0952. The maximum Gasteiger partial charge on any atom is 0.416 e. The standard InChI is InChI=1S/C21H16F3N5O/c1-28-12-19(26-13-28)27-18-9-14(5-7-25-18)15-6-8-29(20(30)10-15)17-4-2-3-16(11-17)21(22,23)24/h2-13H,1H3,(H,25,27). The zero-order chi connectivity index (χ0) is 21.3. The molecule has 1 N–H and O–H groups in total. The van der Waals surface area contributed by atoms with E-state index < -0.39 is 17.3 Å². The molecule has 0 spiro atoms. The molecule has 0 saturated heterocycles. The second-order valence-electron chi connectivity index (χ2n) is 6.65. The van der Waals surface area contributed by atoms with E-state index in [9.17, 15) is 18.0 Å². The van der Waals surface area contributed by atoms with Gasteiger partial charge in [0.05, 0.1) is 11.9 Å². The van der Waals surface area contributed by atoms with Crippen LogP contribution >= 0.6 is 0 Å². The molecule has 3 heterocycles. The van der Waals surface area contributed by atoms with Crippen molar-refractivity contribution in [3.63, 3.8) is 0 Å². The molecule has 0 amide bonds. The molecule has 0 atom stereocenters. The molecule has 0 aliphatic heterocycles. The minimum atomic E-state index is -4.48. The highest BCUT2D eigenvalue weighted by Gasteiger charge is 2.30. The number of rotatable bonds is 4. The Morgan fingerprint density at radius 3 is 2.47 bits per heavy atom. The summed E-state index contributed by atoms with van der Waals surface area (Å²) < 4.78 is 41.8. The number of hydrogen-bond acceptors (Lipinski definition) is 4. The minimum absolute atomic E-state index is 0.147. The molecule has 4 rings (SSSR count). The average molecular weight is 411 g/mol. The lowest BCUT2D eigenvalue weighted by molar-refractivity contribution is -0.137. The number of aryl methyl sites for hydroxylation is 1. The van der Waals surface area contributed by atoms with Crippen LogP contribution in [0.4, 0.5) is 24.8 Å². The van der Waals surface area contributed by atoms with Crippen LogP contribution in [0.15, 0.2) is 78.2 Å². The smallest absolute Gasteiger partial charge is 0.338 e. The molecule has 0 aliphatic rings. The summed E-state index contributed by atoms with van der Waals surface area (Å²) in [5.41, 5.74) is 0.248. The Hall–Kier alpha value is -3.88. The van der Waals surface area contributed by atoms with E-state index in [1.165, 1.54) is 29.0 Å². The van der Waals surface area contributed by atoms with Crippen molar-refractivity contribution in [2.24, 2.45) is 7.05 Å². The van der Waals surface area contributed by atoms with Crippen molar-refractivity contribution in [1.29, 1.82) is 0 Å². The highest BCUT2D eigenvalue weighted by atomic mass is 19.4. The molecule has 0 radical (unpaired) electrons. The van der Waals surface area contributed by atoms with Crippen LogP contribution in [0.2, 0.25) is 0 Å².